The second-order valence-electron chi connectivity index (χ2n) is 4.31. The minimum atomic E-state index is 0.814. The minimum absolute atomic E-state index is 0.814. The Labute approximate surface area is 89.4 Å². The highest BCUT2D eigenvalue weighted by atomic mass is 16.5. The molecule has 0 fully saturated rings. The number of rotatable bonds is 10. The quantitative estimate of drug-likeness (QED) is 0.549. The summed E-state index contributed by atoms with van der Waals surface area (Å²) in [6, 6.07) is 0. The molecule has 0 bridgehead atoms. The fourth-order valence-corrected chi connectivity index (χ4v) is 1.38. The first kappa shape index (κ1) is 13.9. The van der Waals surface area contributed by atoms with Gasteiger partial charge in [-0.05, 0) is 51.6 Å². The van der Waals surface area contributed by atoms with E-state index in [9.17, 15) is 0 Å². The van der Waals surface area contributed by atoms with E-state index < -0.39 is 0 Å². The summed E-state index contributed by atoms with van der Waals surface area (Å²) in [5.74, 6) is 0.814. The number of nitrogens with one attached hydrogen (secondary N) is 1. The SMILES string of the molecule is CNCCCCCOCCCC(C)C. The van der Waals surface area contributed by atoms with Gasteiger partial charge in [-0.25, -0.2) is 0 Å². The van der Waals surface area contributed by atoms with Crippen LogP contribution in [0.3, 0.4) is 0 Å². The number of hydrogen-bond donors (Lipinski definition) is 1. The first-order valence-corrected chi connectivity index (χ1v) is 5.99. The van der Waals surface area contributed by atoms with Gasteiger partial charge in [0, 0.05) is 13.2 Å². The van der Waals surface area contributed by atoms with E-state index in [1.807, 2.05) is 7.05 Å². The molecule has 0 radical (unpaired) electrons. The van der Waals surface area contributed by atoms with Crippen LogP contribution in [-0.2, 0) is 4.74 Å². The Morgan fingerprint density at radius 1 is 1.00 bits per heavy atom. The third kappa shape index (κ3) is 11.9. The van der Waals surface area contributed by atoms with Crippen LogP contribution in [0.4, 0.5) is 0 Å². The number of hydrogen-bond acceptors (Lipinski definition) is 2. The van der Waals surface area contributed by atoms with Gasteiger partial charge >= 0.3 is 0 Å². The molecule has 2 heteroatoms. The zero-order valence-electron chi connectivity index (χ0n) is 10.1. The van der Waals surface area contributed by atoms with Crippen molar-refractivity contribution in [1.82, 2.24) is 5.32 Å². The monoisotopic (exact) mass is 201 g/mol. The van der Waals surface area contributed by atoms with E-state index in [1.54, 1.807) is 0 Å². The molecule has 0 rings (SSSR count). The standard InChI is InChI=1S/C12H27NO/c1-12(2)8-7-11-14-10-6-4-5-9-13-3/h12-13H,4-11H2,1-3H3. The Morgan fingerprint density at radius 2 is 1.71 bits per heavy atom. The molecule has 0 aromatic rings. The van der Waals surface area contributed by atoms with Gasteiger partial charge in [0.25, 0.3) is 0 Å². The molecule has 0 heterocycles. The summed E-state index contributed by atoms with van der Waals surface area (Å²) in [5, 5.41) is 3.15. The Hall–Kier alpha value is -0.0800. The van der Waals surface area contributed by atoms with Gasteiger partial charge in [0.1, 0.15) is 0 Å². The van der Waals surface area contributed by atoms with Gasteiger partial charge in [0.2, 0.25) is 0 Å². The van der Waals surface area contributed by atoms with Crippen LogP contribution in [-0.4, -0.2) is 26.8 Å². The summed E-state index contributed by atoms with van der Waals surface area (Å²) < 4.78 is 5.54. The molecule has 0 aliphatic heterocycles. The molecule has 1 N–H and O–H groups in total. The maximum Gasteiger partial charge on any atom is 0.0466 e. The average Bonchev–Trinajstić information content (AvgIpc) is 2.15. The lowest BCUT2D eigenvalue weighted by molar-refractivity contribution is 0.124. The molecule has 86 valence electrons. The first-order chi connectivity index (χ1) is 6.77. The largest absolute Gasteiger partial charge is 0.381 e. The van der Waals surface area contributed by atoms with Gasteiger partial charge in [-0.15, -0.1) is 0 Å². The normalized spacial score (nSPS) is 11.1. The van der Waals surface area contributed by atoms with Gasteiger partial charge in [0.15, 0.2) is 0 Å². The summed E-state index contributed by atoms with van der Waals surface area (Å²) in [7, 11) is 2.00. The van der Waals surface area contributed by atoms with E-state index in [0.717, 1.165) is 25.7 Å². The Balaban J connectivity index is 2.85. The third-order valence-corrected chi connectivity index (χ3v) is 2.29. The predicted octanol–water partition coefficient (Wildman–Crippen LogP) is 2.83. The molecule has 0 unspecified atom stereocenters. The Bertz CT molecular complexity index is 104. The van der Waals surface area contributed by atoms with E-state index in [2.05, 4.69) is 19.2 Å². The van der Waals surface area contributed by atoms with Gasteiger partial charge in [-0.3, -0.25) is 0 Å². The van der Waals surface area contributed by atoms with Crippen LogP contribution in [0.25, 0.3) is 0 Å². The van der Waals surface area contributed by atoms with Crippen LogP contribution >= 0.6 is 0 Å². The van der Waals surface area contributed by atoms with Crippen LogP contribution < -0.4 is 5.32 Å². The van der Waals surface area contributed by atoms with Crippen molar-refractivity contribution in [3.63, 3.8) is 0 Å². The van der Waals surface area contributed by atoms with Crippen LogP contribution in [0, 0.1) is 5.92 Å². The lowest BCUT2D eigenvalue weighted by Gasteiger charge is -2.05. The molecular weight excluding hydrogens is 174 g/mol. The van der Waals surface area contributed by atoms with E-state index in [0.29, 0.717) is 0 Å². The zero-order chi connectivity index (χ0) is 10.6. The molecule has 0 aliphatic carbocycles. The highest BCUT2D eigenvalue weighted by molar-refractivity contribution is 4.46. The highest BCUT2D eigenvalue weighted by Gasteiger charge is 1.94. The molecule has 0 amide bonds. The van der Waals surface area contributed by atoms with Crippen molar-refractivity contribution in [2.75, 3.05) is 26.8 Å². The molecule has 0 aromatic heterocycles. The van der Waals surface area contributed by atoms with Gasteiger partial charge in [-0.2, -0.15) is 0 Å². The summed E-state index contributed by atoms with van der Waals surface area (Å²) >= 11 is 0. The Kier molecular flexibility index (Phi) is 10.9. The van der Waals surface area contributed by atoms with Crippen molar-refractivity contribution in [1.29, 1.82) is 0 Å². The molecule has 0 saturated heterocycles. The summed E-state index contributed by atoms with van der Waals surface area (Å²) in [6.07, 6.45) is 6.27. The Morgan fingerprint density at radius 3 is 2.36 bits per heavy atom. The van der Waals surface area contributed by atoms with Crippen molar-refractivity contribution in [2.24, 2.45) is 5.92 Å². The first-order valence-electron chi connectivity index (χ1n) is 5.99. The second kappa shape index (κ2) is 11.0. The summed E-state index contributed by atoms with van der Waals surface area (Å²) in [5.41, 5.74) is 0. The number of unbranched alkanes of at least 4 members (excludes halogenated alkanes) is 2. The van der Waals surface area contributed by atoms with Crippen molar-refractivity contribution >= 4 is 0 Å². The van der Waals surface area contributed by atoms with Crippen molar-refractivity contribution in [3.05, 3.63) is 0 Å². The average molecular weight is 201 g/mol. The van der Waals surface area contributed by atoms with Crippen LogP contribution in [0.5, 0.6) is 0 Å². The van der Waals surface area contributed by atoms with E-state index in [4.69, 9.17) is 4.74 Å². The second-order valence-corrected chi connectivity index (χ2v) is 4.31. The molecule has 2 nitrogen and oxygen atoms in total. The van der Waals surface area contributed by atoms with Crippen molar-refractivity contribution < 1.29 is 4.74 Å². The summed E-state index contributed by atoms with van der Waals surface area (Å²) in [4.78, 5) is 0. The predicted molar refractivity (Wildman–Crippen MR) is 62.7 cm³/mol. The topological polar surface area (TPSA) is 21.3 Å². The van der Waals surface area contributed by atoms with E-state index in [-0.39, 0.29) is 0 Å². The fraction of sp³-hybridized carbons (Fsp3) is 1.00. The molecule has 0 aromatic carbocycles. The molecule has 0 saturated carbocycles. The lowest BCUT2D eigenvalue weighted by Crippen LogP contribution is -2.07. The van der Waals surface area contributed by atoms with Gasteiger partial charge in [0.05, 0.1) is 0 Å². The molecular formula is C12H27NO. The minimum Gasteiger partial charge on any atom is -0.381 e. The van der Waals surface area contributed by atoms with E-state index in [1.165, 1.54) is 32.1 Å². The fourth-order valence-electron chi connectivity index (χ4n) is 1.38. The van der Waals surface area contributed by atoms with Crippen LogP contribution in [0.2, 0.25) is 0 Å². The van der Waals surface area contributed by atoms with Gasteiger partial charge in [-0.1, -0.05) is 13.8 Å². The maximum atomic E-state index is 5.54. The summed E-state index contributed by atoms with van der Waals surface area (Å²) in [6.45, 7) is 7.55. The van der Waals surface area contributed by atoms with Crippen molar-refractivity contribution in [2.45, 2.75) is 46.0 Å². The third-order valence-electron chi connectivity index (χ3n) is 2.29. The molecule has 0 aliphatic rings. The zero-order valence-corrected chi connectivity index (χ0v) is 10.1. The molecule has 14 heavy (non-hydrogen) atoms. The van der Waals surface area contributed by atoms with E-state index >= 15 is 0 Å². The van der Waals surface area contributed by atoms with Crippen molar-refractivity contribution in [3.8, 4) is 0 Å². The number of ether oxygens (including phenoxy) is 1. The molecule has 0 atom stereocenters. The molecule has 0 spiro atoms. The smallest absolute Gasteiger partial charge is 0.0466 e. The lowest BCUT2D eigenvalue weighted by atomic mass is 10.1. The highest BCUT2D eigenvalue weighted by Crippen LogP contribution is 2.03. The van der Waals surface area contributed by atoms with Crippen LogP contribution in [0.15, 0.2) is 0 Å². The van der Waals surface area contributed by atoms with Gasteiger partial charge < -0.3 is 10.1 Å². The maximum absolute atomic E-state index is 5.54. The van der Waals surface area contributed by atoms with Crippen LogP contribution in [0.1, 0.15) is 46.0 Å².